The predicted octanol–water partition coefficient (Wildman–Crippen LogP) is 2.11. The van der Waals surface area contributed by atoms with Gasteiger partial charge < -0.3 is 10.6 Å². The lowest BCUT2D eigenvalue weighted by atomic mass is 9.96. The molecule has 0 aliphatic carbocycles. The van der Waals surface area contributed by atoms with E-state index in [4.69, 9.17) is 11.6 Å². The number of halogens is 1. The Morgan fingerprint density at radius 3 is 3.00 bits per heavy atom. The molecule has 1 aromatic carbocycles. The lowest BCUT2D eigenvalue weighted by Gasteiger charge is -2.21. The van der Waals surface area contributed by atoms with Crippen LogP contribution < -0.4 is 10.6 Å². The number of carbonyl (C=O) groups is 2. The second-order valence-electron chi connectivity index (χ2n) is 4.44. The number of nitrogens with one attached hydrogen (secondary N) is 2. The van der Waals surface area contributed by atoms with E-state index in [1.54, 1.807) is 12.1 Å². The molecule has 0 spiro atoms. The largest absolute Gasteiger partial charge is 0.356 e. The van der Waals surface area contributed by atoms with Crippen molar-refractivity contribution in [3.63, 3.8) is 0 Å². The molecule has 1 aromatic rings. The third-order valence-electron chi connectivity index (χ3n) is 3.14. The van der Waals surface area contributed by atoms with Gasteiger partial charge in [0.1, 0.15) is 0 Å². The van der Waals surface area contributed by atoms with Gasteiger partial charge in [-0.1, -0.05) is 17.7 Å². The minimum absolute atomic E-state index is 0.0655. The molecule has 5 heteroatoms. The van der Waals surface area contributed by atoms with E-state index in [1.165, 1.54) is 0 Å². The van der Waals surface area contributed by atoms with Crippen molar-refractivity contribution in [2.75, 3.05) is 11.9 Å². The molecule has 2 N–H and O–H groups in total. The molecule has 2 amide bonds. The van der Waals surface area contributed by atoms with Gasteiger partial charge in [0.15, 0.2) is 0 Å². The summed E-state index contributed by atoms with van der Waals surface area (Å²) in [4.78, 5) is 23.3. The van der Waals surface area contributed by atoms with Gasteiger partial charge in [0, 0.05) is 29.6 Å². The molecule has 0 saturated carbocycles. The molecule has 1 heterocycles. The second-order valence-corrected chi connectivity index (χ2v) is 4.85. The van der Waals surface area contributed by atoms with Crippen molar-refractivity contribution < 1.29 is 9.59 Å². The molecule has 1 saturated heterocycles. The van der Waals surface area contributed by atoms with E-state index in [9.17, 15) is 9.59 Å². The van der Waals surface area contributed by atoms with Crippen LogP contribution in [0.25, 0.3) is 0 Å². The van der Waals surface area contributed by atoms with Crippen molar-refractivity contribution in [1.82, 2.24) is 5.32 Å². The number of carbonyl (C=O) groups excluding carboxylic acids is 2. The maximum atomic E-state index is 12.0. The van der Waals surface area contributed by atoms with Crippen molar-refractivity contribution in [1.29, 1.82) is 0 Å². The molecule has 0 radical (unpaired) electrons. The Bertz CT molecular complexity index is 488. The fourth-order valence-electron chi connectivity index (χ4n) is 1.99. The average Bonchev–Trinajstić information content (AvgIpc) is 2.35. The van der Waals surface area contributed by atoms with Crippen LogP contribution in [0, 0.1) is 12.8 Å². The molecule has 1 fully saturated rings. The maximum absolute atomic E-state index is 12.0. The van der Waals surface area contributed by atoms with Crippen LogP contribution in [0.5, 0.6) is 0 Å². The molecule has 1 aliphatic rings. The third kappa shape index (κ3) is 2.82. The number of anilines is 1. The smallest absolute Gasteiger partial charge is 0.228 e. The predicted molar refractivity (Wildman–Crippen MR) is 70.6 cm³/mol. The van der Waals surface area contributed by atoms with Crippen molar-refractivity contribution in [3.8, 4) is 0 Å². The molecule has 1 atom stereocenters. The van der Waals surface area contributed by atoms with Crippen LogP contribution in [0.15, 0.2) is 18.2 Å². The Kier molecular flexibility index (Phi) is 3.87. The summed E-state index contributed by atoms with van der Waals surface area (Å²) in [6.45, 7) is 2.41. The van der Waals surface area contributed by atoms with E-state index >= 15 is 0 Å². The van der Waals surface area contributed by atoms with E-state index in [0.29, 0.717) is 23.7 Å². The topological polar surface area (TPSA) is 58.2 Å². The van der Waals surface area contributed by atoms with Gasteiger partial charge in [-0.3, -0.25) is 9.59 Å². The Morgan fingerprint density at radius 2 is 2.28 bits per heavy atom. The minimum atomic E-state index is -0.253. The summed E-state index contributed by atoms with van der Waals surface area (Å²) in [5.41, 5.74) is 1.55. The summed E-state index contributed by atoms with van der Waals surface area (Å²) in [7, 11) is 0. The number of benzene rings is 1. The van der Waals surface area contributed by atoms with Crippen molar-refractivity contribution >= 4 is 29.1 Å². The zero-order chi connectivity index (χ0) is 13.1. The van der Waals surface area contributed by atoms with Crippen molar-refractivity contribution in [2.24, 2.45) is 5.92 Å². The summed E-state index contributed by atoms with van der Waals surface area (Å²) in [5.74, 6) is -0.434. The number of hydrogen-bond donors (Lipinski definition) is 2. The fraction of sp³-hybridized carbons (Fsp3) is 0.385. The van der Waals surface area contributed by atoms with Crippen LogP contribution in [-0.2, 0) is 9.59 Å². The van der Waals surface area contributed by atoms with Crippen LogP contribution in [-0.4, -0.2) is 18.4 Å². The first-order valence-corrected chi connectivity index (χ1v) is 6.28. The SMILES string of the molecule is Cc1c(Cl)cccc1NC(=O)C1CCNC(=O)C1. The monoisotopic (exact) mass is 266 g/mol. The van der Waals surface area contributed by atoms with E-state index in [0.717, 1.165) is 5.56 Å². The summed E-state index contributed by atoms with van der Waals surface area (Å²) in [6.07, 6.45) is 0.933. The first-order valence-electron chi connectivity index (χ1n) is 5.90. The van der Waals surface area contributed by atoms with Crippen LogP contribution in [0.3, 0.4) is 0 Å². The van der Waals surface area contributed by atoms with Crippen molar-refractivity contribution in [2.45, 2.75) is 19.8 Å². The van der Waals surface area contributed by atoms with E-state index in [2.05, 4.69) is 10.6 Å². The van der Waals surface area contributed by atoms with Gasteiger partial charge in [-0.05, 0) is 31.0 Å². The highest BCUT2D eigenvalue weighted by Gasteiger charge is 2.25. The number of rotatable bonds is 2. The second kappa shape index (κ2) is 5.40. The van der Waals surface area contributed by atoms with Crippen LogP contribution in [0.4, 0.5) is 5.69 Å². The van der Waals surface area contributed by atoms with Crippen LogP contribution in [0.2, 0.25) is 5.02 Å². The highest BCUT2D eigenvalue weighted by Crippen LogP contribution is 2.24. The lowest BCUT2D eigenvalue weighted by Crippen LogP contribution is -2.38. The summed E-state index contributed by atoms with van der Waals surface area (Å²) < 4.78 is 0. The van der Waals surface area contributed by atoms with Crippen LogP contribution in [0.1, 0.15) is 18.4 Å². The molecule has 1 unspecified atom stereocenters. The maximum Gasteiger partial charge on any atom is 0.228 e. The van der Waals surface area contributed by atoms with Gasteiger partial charge in [0.25, 0.3) is 0 Å². The Morgan fingerprint density at radius 1 is 1.50 bits per heavy atom. The molecular weight excluding hydrogens is 252 g/mol. The average molecular weight is 267 g/mol. The molecule has 4 nitrogen and oxygen atoms in total. The lowest BCUT2D eigenvalue weighted by molar-refractivity contribution is -0.129. The van der Waals surface area contributed by atoms with E-state index in [-0.39, 0.29) is 24.2 Å². The molecule has 1 aliphatic heterocycles. The Hall–Kier alpha value is -1.55. The normalized spacial score (nSPS) is 19.2. The highest BCUT2D eigenvalue weighted by atomic mass is 35.5. The number of amides is 2. The molecular formula is C13H15ClN2O2. The fourth-order valence-corrected chi connectivity index (χ4v) is 2.16. The van der Waals surface area contributed by atoms with E-state index in [1.807, 2.05) is 13.0 Å². The quantitative estimate of drug-likeness (QED) is 0.861. The number of piperidine rings is 1. The van der Waals surface area contributed by atoms with Gasteiger partial charge in [-0.15, -0.1) is 0 Å². The highest BCUT2D eigenvalue weighted by molar-refractivity contribution is 6.31. The molecule has 0 aromatic heterocycles. The third-order valence-corrected chi connectivity index (χ3v) is 3.55. The molecule has 18 heavy (non-hydrogen) atoms. The zero-order valence-electron chi connectivity index (χ0n) is 10.1. The summed E-state index contributed by atoms with van der Waals surface area (Å²) in [5, 5.41) is 6.17. The minimum Gasteiger partial charge on any atom is -0.356 e. The number of hydrogen-bond acceptors (Lipinski definition) is 2. The van der Waals surface area contributed by atoms with Gasteiger partial charge in [0.2, 0.25) is 11.8 Å². The Labute approximate surface area is 111 Å². The van der Waals surface area contributed by atoms with Gasteiger partial charge in [-0.2, -0.15) is 0 Å². The first kappa shape index (κ1) is 12.9. The summed E-state index contributed by atoms with van der Waals surface area (Å²) >= 11 is 5.99. The molecule has 96 valence electrons. The van der Waals surface area contributed by atoms with Gasteiger partial charge in [0.05, 0.1) is 0 Å². The Balaban J connectivity index is 2.07. The standard InChI is InChI=1S/C13H15ClN2O2/c1-8-10(14)3-2-4-11(8)16-13(18)9-5-6-15-12(17)7-9/h2-4,9H,5-7H2,1H3,(H,15,17)(H,16,18). The van der Waals surface area contributed by atoms with Gasteiger partial charge in [-0.25, -0.2) is 0 Å². The van der Waals surface area contributed by atoms with Crippen molar-refractivity contribution in [3.05, 3.63) is 28.8 Å². The summed E-state index contributed by atoms with van der Waals surface area (Å²) in [6, 6.07) is 5.38. The van der Waals surface area contributed by atoms with Crippen LogP contribution >= 0.6 is 11.6 Å². The van der Waals surface area contributed by atoms with Gasteiger partial charge >= 0.3 is 0 Å². The zero-order valence-corrected chi connectivity index (χ0v) is 10.9. The molecule has 2 rings (SSSR count). The van der Waals surface area contributed by atoms with E-state index < -0.39 is 0 Å². The molecule has 0 bridgehead atoms. The first-order chi connectivity index (χ1) is 8.58.